The Hall–Kier alpha value is -2.54. The number of carbonyl (C=O) groups excluding carboxylic acids is 3. The Bertz CT molecular complexity index is 1420. The average Bonchev–Trinajstić information content (AvgIpc) is 3.46. The van der Waals surface area contributed by atoms with E-state index < -0.39 is 67.3 Å². The van der Waals surface area contributed by atoms with Gasteiger partial charge in [-0.25, -0.2) is 4.79 Å². The Morgan fingerprint density at radius 2 is 0.722 bits per heavy atom. The first kappa shape index (κ1) is 74.5. The van der Waals surface area contributed by atoms with Crippen molar-refractivity contribution in [1.29, 1.82) is 0 Å². The van der Waals surface area contributed by atoms with Crippen LogP contribution in [0.5, 0.6) is 0 Å². The predicted molar refractivity (Wildman–Crippen MR) is 322 cm³/mol. The summed E-state index contributed by atoms with van der Waals surface area (Å²) in [4.78, 5) is 51.3. The Kier molecular flexibility index (Phi) is 52.8. The lowest BCUT2D eigenvalue weighted by molar-refractivity contribution is -0.301. The number of ether oxygens (including phenoxy) is 5. The van der Waals surface area contributed by atoms with Crippen LogP contribution in [0.25, 0.3) is 0 Å². The largest absolute Gasteiger partial charge is 0.479 e. The maximum Gasteiger partial charge on any atom is 0.335 e. The number of allylic oxidation sites excluding steroid dienone is 2. The number of esters is 3. The minimum Gasteiger partial charge on any atom is -0.479 e. The van der Waals surface area contributed by atoms with E-state index in [2.05, 4.69) is 32.9 Å². The zero-order chi connectivity index (χ0) is 57.5. The molecule has 0 aliphatic carbocycles. The van der Waals surface area contributed by atoms with Gasteiger partial charge in [0.1, 0.15) is 18.8 Å². The highest BCUT2D eigenvalue weighted by molar-refractivity contribution is 5.74. The third-order valence-corrected chi connectivity index (χ3v) is 15.8. The molecule has 0 spiro atoms. The third kappa shape index (κ3) is 45.6. The van der Waals surface area contributed by atoms with Gasteiger partial charge in [0.2, 0.25) is 0 Å². The minimum absolute atomic E-state index is 0.0622. The number of rotatable bonds is 59. The molecule has 1 fully saturated rings. The first-order valence-corrected chi connectivity index (χ1v) is 33.7. The molecule has 3 N–H and O–H groups in total. The number of hydrogen-bond donors (Lipinski definition) is 3. The molecule has 1 saturated heterocycles. The fraction of sp³-hybridized carbons (Fsp3) is 0.910. The maximum absolute atomic E-state index is 13.2. The minimum atomic E-state index is -1.90. The van der Waals surface area contributed by atoms with E-state index in [1.165, 1.54) is 212 Å². The van der Waals surface area contributed by atoms with E-state index in [1.54, 1.807) is 0 Å². The number of carbonyl (C=O) groups is 4. The van der Waals surface area contributed by atoms with Crippen LogP contribution in [0.3, 0.4) is 0 Å². The molecule has 1 aliphatic heterocycles. The molecule has 0 aromatic carbocycles. The van der Waals surface area contributed by atoms with E-state index in [0.717, 1.165) is 70.6 Å². The SMILES string of the molecule is CCCCCCCC/C=C\CCCCCCCCCC(=O)OC1C(OCC(COC(=O)CCCCCCCCCCCCCCCCCCCCC)OC(=O)CCCCCCCCCCCCCCC)OC(C(=O)O)C(O)C1O. The summed E-state index contributed by atoms with van der Waals surface area (Å²) >= 11 is 0. The lowest BCUT2D eigenvalue weighted by atomic mass is 9.98. The number of aliphatic carboxylic acids is 1. The van der Waals surface area contributed by atoms with Gasteiger partial charge < -0.3 is 39.0 Å². The highest BCUT2D eigenvalue weighted by Crippen LogP contribution is 2.27. The molecular formula is C67H124O12. The van der Waals surface area contributed by atoms with E-state index >= 15 is 0 Å². The monoisotopic (exact) mass is 1120 g/mol. The number of aliphatic hydroxyl groups is 2. The van der Waals surface area contributed by atoms with Gasteiger partial charge in [-0.1, -0.05) is 290 Å². The van der Waals surface area contributed by atoms with Crippen molar-refractivity contribution in [2.75, 3.05) is 13.2 Å². The van der Waals surface area contributed by atoms with Crippen LogP contribution in [-0.4, -0.2) is 89.2 Å². The Morgan fingerprint density at radius 3 is 1.08 bits per heavy atom. The van der Waals surface area contributed by atoms with Gasteiger partial charge in [0, 0.05) is 19.3 Å². The molecule has 79 heavy (non-hydrogen) atoms. The highest BCUT2D eigenvalue weighted by Gasteiger charge is 2.50. The van der Waals surface area contributed by atoms with Gasteiger partial charge in [-0.05, 0) is 44.9 Å². The van der Waals surface area contributed by atoms with Gasteiger partial charge in [-0.3, -0.25) is 14.4 Å². The molecule has 6 atom stereocenters. The second-order valence-corrected chi connectivity index (χ2v) is 23.5. The molecule has 0 bridgehead atoms. The molecule has 12 nitrogen and oxygen atoms in total. The molecule has 1 aliphatic rings. The van der Waals surface area contributed by atoms with Crippen molar-refractivity contribution >= 4 is 23.9 Å². The second kappa shape index (κ2) is 56.0. The summed E-state index contributed by atoms with van der Waals surface area (Å²) in [6.45, 7) is 6.06. The highest BCUT2D eigenvalue weighted by atomic mass is 16.7. The van der Waals surface area contributed by atoms with Crippen LogP contribution in [0.4, 0.5) is 0 Å². The van der Waals surface area contributed by atoms with E-state index in [-0.39, 0.29) is 25.9 Å². The molecule has 0 aromatic heterocycles. The summed E-state index contributed by atoms with van der Waals surface area (Å²) < 4.78 is 28.6. The Morgan fingerprint density at radius 1 is 0.405 bits per heavy atom. The van der Waals surface area contributed by atoms with Crippen molar-refractivity contribution in [3.05, 3.63) is 12.2 Å². The van der Waals surface area contributed by atoms with Crippen molar-refractivity contribution < 1.29 is 58.2 Å². The summed E-state index contributed by atoms with van der Waals surface area (Å²) in [5.41, 5.74) is 0. The van der Waals surface area contributed by atoms with Gasteiger partial charge in [0.25, 0.3) is 0 Å². The molecular weight excluding hydrogens is 997 g/mol. The lowest BCUT2D eigenvalue weighted by Crippen LogP contribution is -2.61. The van der Waals surface area contributed by atoms with Crippen LogP contribution in [0.15, 0.2) is 12.2 Å². The smallest absolute Gasteiger partial charge is 0.335 e. The van der Waals surface area contributed by atoms with Crippen molar-refractivity contribution in [1.82, 2.24) is 0 Å². The summed E-state index contributed by atoms with van der Waals surface area (Å²) in [5.74, 6) is -3.07. The third-order valence-electron chi connectivity index (χ3n) is 15.8. The first-order chi connectivity index (χ1) is 38.6. The van der Waals surface area contributed by atoms with Gasteiger partial charge in [-0.2, -0.15) is 0 Å². The molecule has 0 aromatic rings. The van der Waals surface area contributed by atoms with Crippen molar-refractivity contribution in [2.45, 2.75) is 379 Å². The number of aliphatic hydroxyl groups excluding tert-OH is 2. The normalized spacial score (nSPS) is 17.8. The maximum atomic E-state index is 13.2. The molecule has 1 heterocycles. The van der Waals surface area contributed by atoms with Crippen LogP contribution >= 0.6 is 0 Å². The molecule has 464 valence electrons. The zero-order valence-electron chi connectivity index (χ0n) is 51.4. The topological polar surface area (TPSA) is 175 Å². The summed E-state index contributed by atoms with van der Waals surface area (Å²) in [6, 6.07) is 0. The van der Waals surface area contributed by atoms with Gasteiger partial charge in [-0.15, -0.1) is 0 Å². The van der Waals surface area contributed by atoms with Crippen LogP contribution in [0.2, 0.25) is 0 Å². The fourth-order valence-corrected chi connectivity index (χ4v) is 10.7. The van der Waals surface area contributed by atoms with E-state index in [1.807, 2.05) is 0 Å². The molecule has 0 saturated carbocycles. The van der Waals surface area contributed by atoms with Crippen molar-refractivity contribution in [3.63, 3.8) is 0 Å². The predicted octanol–water partition coefficient (Wildman–Crippen LogP) is 18.0. The van der Waals surface area contributed by atoms with E-state index in [4.69, 9.17) is 23.7 Å². The number of carboxylic acids is 1. The van der Waals surface area contributed by atoms with E-state index in [0.29, 0.717) is 19.3 Å². The van der Waals surface area contributed by atoms with Crippen LogP contribution in [0.1, 0.15) is 342 Å². The standard InChI is InChI=1S/C67H124O12/c1-4-7-10-13-16-19-22-25-27-29-30-32-33-36-38-41-44-47-50-53-59(68)75-56-58(77-60(69)54-51-48-45-42-39-35-24-21-18-15-12-9-6-3)57-76-67-65(63(72)62(71)64(79-67)66(73)74)78-61(70)55-52-49-46-43-40-37-34-31-28-26-23-20-17-14-11-8-5-2/h26,28,58,62-65,67,71-72H,4-25,27,29-57H2,1-3H3,(H,73,74)/b28-26-. The first-order valence-electron chi connectivity index (χ1n) is 33.7. The van der Waals surface area contributed by atoms with E-state index in [9.17, 15) is 34.5 Å². The lowest BCUT2D eigenvalue weighted by Gasteiger charge is -2.40. The Labute approximate surface area is 484 Å². The fourth-order valence-electron chi connectivity index (χ4n) is 10.7. The molecule has 1 rings (SSSR count). The summed E-state index contributed by atoms with van der Waals surface area (Å²) in [5, 5.41) is 31.6. The van der Waals surface area contributed by atoms with Gasteiger partial charge in [0.05, 0.1) is 6.61 Å². The number of unbranched alkanes of at least 4 members (excludes halogenated alkanes) is 43. The molecule has 0 amide bonds. The molecule has 0 radical (unpaired) electrons. The molecule has 6 unspecified atom stereocenters. The molecule has 12 heteroatoms. The summed E-state index contributed by atoms with van der Waals surface area (Å²) in [7, 11) is 0. The number of hydrogen-bond acceptors (Lipinski definition) is 11. The van der Waals surface area contributed by atoms with Gasteiger partial charge in [0.15, 0.2) is 24.6 Å². The van der Waals surface area contributed by atoms with Crippen LogP contribution < -0.4 is 0 Å². The zero-order valence-corrected chi connectivity index (χ0v) is 51.4. The second-order valence-electron chi connectivity index (χ2n) is 23.5. The van der Waals surface area contributed by atoms with Gasteiger partial charge >= 0.3 is 23.9 Å². The van der Waals surface area contributed by atoms with Crippen molar-refractivity contribution in [2.24, 2.45) is 0 Å². The van der Waals surface area contributed by atoms with Crippen LogP contribution in [0, 0.1) is 0 Å². The summed E-state index contributed by atoms with van der Waals surface area (Å²) in [6.07, 6.45) is 51.7. The number of carboxylic acid groups (broad SMARTS) is 1. The quantitative estimate of drug-likeness (QED) is 0.0228. The Balaban J connectivity index is 2.61. The van der Waals surface area contributed by atoms with Crippen molar-refractivity contribution in [3.8, 4) is 0 Å². The average molecular weight is 1120 g/mol. The van der Waals surface area contributed by atoms with Crippen LogP contribution in [-0.2, 0) is 42.9 Å².